The number of rotatable bonds is 6. The van der Waals surface area contributed by atoms with Gasteiger partial charge in [0.2, 0.25) is 10.0 Å². The van der Waals surface area contributed by atoms with Gasteiger partial charge in [0, 0.05) is 42.1 Å². The molecule has 1 aliphatic carbocycles. The lowest BCUT2D eigenvalue weighted by molar-refractivity contribution is 0.141. The molecule has 2 fully saturated rings. The Hall–Kier alpha value is -2.07. The van der Waals surface area contributed by atoms with E-state index in [0.29, 0.717) is 37.1 Å². The average Bonchev–Trinajstić information content (AvgIpc) is 2.89. The van der Waals surface area contributed by atoms with Crippen LogP contribution in [0.25, 0.3) is 10.9 Å². The molecule has 2 aromatic carbocycles. The van der Waals surface area contributed by atoms with Crippen LogP contribution in [0.15, 0.2) is 57.9 Å². The van der Waals surface area contributed by atoms with Crippen molar-refractivity contribution < 1.29 is 8.42 Å². The summed E-state index contributed by atoms with van der Waals surface area (Å²) in [6.07, 6.45) is 6.19. The molecule has 1 N–H and O–H groups in total. The Labute approximate surface area is 216 Å². The lowest BCUT2D eigenvalue weighted by Gasteiger charge is -2.37. The molecule has 5 rings (SSSR count). The predicted octanol–water partition coefficient (Wildman–Crippen LogP) is 5.20. The maximum absolute atomic E-state index is 13.1. The van der Waals surface area contributed by atoms with E-state index in [4.69, 9.17) is 9.97 Å². The van der Waals surface area contributed by atoms with Crippen LogP contribution < -0.4 is 5.32 Å². The molecular weight excluding hydrogens is 526 g/mol. The summed E-state index contributed by atoms with van der Waals surface area (Å²) in [6.45, 7) is 4.29. The topological polar surface area (TPSA) is 78.4 Å². The van der Waals surface area contributed by atoms with Crippen molar-refractivity contribution in [2.75, 3.05) is 31.5 Å². The maximum Gasteiger partial charge on any atom is 0.243 e. The Bertz CT molecular complexity index is 1270. The van der Waals surface area contributed by atoms with Crippen molar-refractivity contribution in [1.82, 2.24) is 19.2 Å². The predicted molar refractivity (Wildman–Crippen MR) is 143 cm³/mol. The molecule has 9 heteroatoms. The van der Waals surface area contributed by atoms with Gasteiger partial charge in [-0.1, -0.05) is 47.3 Å². The van der Waals surface area contributed by atoms with E-state index in [2.05, 4.69) is 39.1 Å². The number of nitrogens with one attached hydrogen (secondary N) is 1. The van der Waals surface area contributed by atoms with Crippen LogP contribution in [0.5, 0.6) is 0 Å². The molecule has 1 saturated carbocycles. The van der Waals surface area contributed by atoms with Crippen LogP contribution >= 0.6 is 15.9 Å². The maximum atomic E-state index is 13.1. The molecular formula is C26H32BrN5O2S. The zero-order valence-corrected chi connectivity index (χ0v) is 22.4. The number of fused-ring (bicyclic) bond motifs is 1. The van der Waals surface area contributed by atoms with Crippen molar-refractivity contribution in [2.45, 2.75) is 56.0 Å². The number of para-hydroxylation sites is 1. The number of halogens is 1. The lowest BCUT2D eigenvalue weighted by Crippen LogP contribution is -2.49. The van der Waals surface area contributed by atoms with Gasteiger partial charge in [-0.05, 0) is 56.2 Å². The van der Waals surface area contributed by atoms with Crippen LogP contribution in [-0.2, 0) is 10.0 Å². The largest absolute Gasteiger partial charge is 0.367 e. The van der Waals surface area contributed by atoms with Crippen LogP contribution in [0.4, 0.5) is 5.82 Å². The van der Waals surface area contributed by atoms with Gasteiger partial charge in [-0.3, -0.25) is 4.90 Å². The van der Waals surface area contributed by atoms with Crippen LogP contribution in [0.2, 0.25) is 0 Å². The van der Waals surface area contributed by atoms with Crippen LogP contribution in [0.1, 0.15) is 50.9 Å². The minimum Gasteiger partial charge on any atom is -0.367 e. The molecule has 0 spiro atoms. The van der Waals surface area contributed by atoms with Crippen molar-refractivity contribution in [2.24, 2.45) is 0 Å². The summed E-state index contributed by atoms with van der Waals surface area (Å²) in [5.74, 6) is 1.70. The molecule has 1 aromatic heterocycles. The number of benzene rings is 2. The van der Waals surface area contributed by atoms with Gasteiger partial charge in [0.1, 0.15) is 11.6 Å². The molecule has 0 radical (unpaired) electrons. The fourth-order valence-corrected chi connectivity index (χ4v) is 6.77. The second-order valence-corrected chi connectivity index (χ2v) is 12.4. The Kier molecular flexibility index (Phi) is 7.39. The van der Waals surface area contributed by atoms with E-state index in [9.17, 15) is 8.42 Å². The minimum atomic E-state index is -3.50. The van der Waals surface area contributed by atoms with E-state index in [1.165, 1.54) is 32.1 Å². The summed E-state index contributed by atoms with van der Waals surface area (Å²) in [5.41, 5.74) is 0.944. The SMILES string of the molecule is CC(c1nc(NC2CCCCC2)c2ccccc2n1)N1CCN(S(=O)(=O)c2ccc(Br)cc2)CC1. The molecule has 35 heavy (non-hydrogen) atoms. The lowest BCUT2D eigenvalue weighted by atomic mass is 9.95. The standard InChI is InChI=1S/C26H32BrN5O2S/c1-19(31-15-17-32(18-16-31)35(33,34)22-13-11-20(27)12-14-22)25-29-24-10-6-5-9-23(24)26(30-25)28-21-7-3-2-4-8-21/h5-6,9-14,19,21H,2-4,7-8,15-18H2,1H3,(H,28,29,30). The Balaban J connectivity index is 1.32. The third-order valence-corrected chi connectivity index (χ3v) is 9.65. The highest BCUT2D eigenvalue weighted by atomic mass is 79.9. The fraction of sp³-hybridized carbons (Fsp3) is 0.462. The Morgan fingerprint density at radius 1 is 0.943 bits per heavy atom. The summed E-state index contributed by atoms with van der Waals surface area (Å²) >= 11 is 3.37. The average molecular weight is 559 g/mol. The molecule has 3 aromatic rings. The fourth-order valence-electron chi connectivity index (χ4n) is 5.08. The molecule has 2 heterocycles. The normalized spacial score (nSPS) is 19.6. The zero-order valence-electron chi connectivity index (χ0n) is 20.0. The third kappa shape index (κ3) is 5.38. The van der Waals surface area contributed by atoms with E-state index in [1.54, 1.807) is 28.6 Å². The first kappa shape index (κ1) is 24.6. The molecule has 186 valence electrons. The monoisotopic (exact) mass is 557 g/mol. The van der Waals surface area contributed by atoms with E-state index in [0.717, 1.165) is 27.0 Å². The highest BCUT2D eigenvalue weighted by Crippen LogP contribution is 2.29. The summed E-state index contributed by atoms with van der Waals surface area (Å²) < 4.78 is 28.6. The zero-order chi connectivity index (χ0) is 24.4. The van der Waals surface area contributed by atoms with Gasteiger partial charge in [-0.25, -0.2) is 18.4 Å². The molecule has 1 saturated heterocycles. The number of piperazine rings is 1. The molecule has 1 aliphatic heterocycles. The molecule has 0 amide bonds. The summed E-state index contributed by atoms with van der Waals surface area (Å²) in [5, 5.41) is 4.77. The number of hydrogen-bond acceptors (Lipinski definition) is 6. The van der Waals surface area contributed by atoms with Crippen molar-refractivity contribution in [3.8, 4) is 0 Å². The number of sulfonamides is 1. The van der Waals surface area contributed by atoms with Crippen LogP contribution in [-0.4, -0.2) is 59.8 Å². The molecule has 1 unspecified atom stereocenters. The molecule has 0 bridgehead atoms. The van der Waals surface area contributed by atoms with E-state index < -0.39 is 10.0 Å². The number of hydrogen-bond donors (Lipinski definition) is 1. The van der Waals surface area contributed by atoms with Crippen LogP contribution in [0, 0.1) is 0 Å². The molecule has 7 nitrogen and oxygen atoms in total. The van der Waals surface area contributed by atoms with Crippen molar-refractivity contribution in [3.05, 3.63) is 58.8 Å². The van der Waals surface area contributed by atoms with Gasteiger partial charge in [-0.2, -0.15) is 4.31 Å². The summed E-state index contributed by atoms with van der Waals surface area (Å²) in [6, 6.07) is 15.5. The van der Waals surface area contributed by atoms with Gasteiger partial charge in [0.05, 0.1) is 16.5 Å². The van der Waals surface area contributed by atoms with Gasteiger partial charge in [0.25, 0.3) is 0 Å². The first-order valence-corrected chi connectivity index (χ1v) is 14.7. The van der Waals surface area contributed by atoms with Gasteiger partial charge in [-0.15, -0.1) is 0 Å². The molecule has 1 atom stereocenters. The van der Waals surface area contributed by atoms with Gasteiger partial charge < -0.3 is 5.32 Å². The minimum absolute atomic E-state index is 0.0101. The van der Waals surface area contributed by atoms with Gasteiger partial charge >= 0.3 is 0 Å². The Morgan fingerprint density at radius 3 is 2.34 bits per heavy atom. The first-order chi connectivity index (χ1) is 16.9. The van der Waals surface area contributed by atoms with Crippen molar-refractivity contribution in [1.29, 1.82) is 0 Å². The highest BCUT2D eigenvalue weighted by molar-refractivity contribution is 9.10. The summed E-state index contributed by atoms with van der Waals surface area (Å²) in [4.78, 5) is 12.5. The Morgan fingerprint density at radius 2 is 1.63 bits per heavy atom. The van der Waals surface area contributed by atoms with E-state index >= 15 is 0 Å². The number of nitrogens with zero attached hydrogens (tertiary/aromatic N) is 4. The van der Waals surface area contributed by atoms with E-state index in [-0.39, 0.29) is 6.04 Å². The van der Waals surface area contributed by atoms with Crippen LogP contribution in [0.3, 0.4) is 0 Å². The number of aromatic nitrogens is 2. The molecule has 2 aliphatic rings. The second kappa shape index (κ2) is 10.5. The van der Waals surface area contributed by atoms with Crippen molar-refractivity contribution in [3.63, 3.8) is 0 Å². The summed E-state index contributed by atoms with van der Waals surface area (Å²) in [7, 11) is -3.50. The number of anilines is 1. The first-order valence-electron chi connectivity index (χ1n) is 12.4. The van der Waals surface area contributed by atoms with Gasteiger partial charge in [0.15, 0.2) is 0 Å². The second-order valence-electron chi connectivity index (χ2n) is 9.50. The smallest absolute Gasteiger partial charge is 0.243 e. The van der Waals surface area contributed by atoms with E-state index in [1.807, 2.05) is 18.2 Å². The van der Waals surface area contributed by atoms with Crippen molar-refractivity contribution >= 4 is 42.7 Å². The quantitative estimate of drug-likeness (QED) is 0.448. The third-order valence-electron chi connectivity index (χ3n) is 7.21. The highest BCUT2D eigenvalue weighted by Gasteiger charge is 2.31.